The van der Waals surface area contributed by atoms with E-state index in [9.17, 15) is 24.0 Å². The molecule has 2 aromatic heterocycles. The summed E-state index contributed by atoms with van der Waals surface area (Å²) in [5.41, 5.74) is 3.26. The number of hydrogen-bond acceptors (Lipinski definition) is 12. The highest BCUT2D eigenvalue weighted by Crippen LogP contribution is 2.39. The summed E-state index contributed by atoms with van der Waals surface area (Å²) in [5.74, 6) is -0.578. The van der Waals surface area contributed by atoms with Gasteiger partial charge in [0.2, 0.25) is 17.8 Å². The molecule has 16 nitrogen and oxygen atoms in total. The minimum absolute atomic E-state index is 0.0809. The van der Waals surface area contributed by atoms with Crippen LogP contribution in [0.2, 0.25) is 5.02 Å². The Hall–Kier alpha value is -5.65. The van der Waals surface area contributed by atoms with Crippen molar-refractivity contribution in [3.05, 3.63) is 80.7 Å². The Labute approximate surface area is 374 Å². The Kier molecular flexibility index (Phi) is 12.3. The number of carbonyl (C=O) groups is 4. The number of aromatic nitrogens is 3. The van der Waals surface area contributed by atoms with Crippen LogP contribution >= 0.6 is 11.6 Å². The number of anilines is 3. The summed E-state index contributed by atoms with van der Waals surface area (Å²) in [6.45, 7) is 6.39. The van der Waals surface area contributed by atoms with Gasteiger partial charge in [-0.3, -0.25) is 34.2 Å². The van der Waals surface area contributed by atoms with Gasteiger partial charge in [-0.05, 0) is 100 Å². The quantitative estimate of drug-likeness (QED) is 0.162. The van der Waals surface area contributed by atoms with Crippen molar-refractivity contribution in [3.8, 4) is 5.75 Å². The molecule has 1 saturated carbocycles. The zero-order chi connectivity index (χ0) is 44.8. The molecule has 6 heterocycles. The van der Waals surface area contributed by atoms with Gasteiger partial charge in [-0.2, -0.15) is 4.98 Å². The predicted octanol–water partition coefficient (Wildman–Crippen LogP) is 5.00. The highest BCUT2D eigenvalue weighted by Gasteiger charge is 2.43. The van der Waals surface area contributed by atoms with E-state index in [1.807, 2.05) is 50.2 Å². The molecule has 3 saturated heterocycles. The summed E-state index contributed by atoms with van der Waals surface area (Å²) in [6, 6.07) is 12.3. The van der Waals surface area contributed by atoms with Crippen molar-refractivity contribution in [3.63, 3.8) is 0 Å². The van der Waals surface area contributed by atoms with Gasteiger partial charge in [0.1, 0.15) is 17.2 Å². The smallest absolute Gasteiger partial charge is 0.293 e. The van der Waals surface area contributed by atoms with Crippen molar-refractivity contribution in [1.82, 2.24) is 35.0 Å². The van der Waals surface area contributed by atoms with Gasteiger partial charge in [0.25, 0.3) is 17.4 Å². The molecule has 4 aliphatic heterocycles. The molecule has 4 fully saturated rings. The molecule has 0 unspecified atom stereocenters. The molecule has 18 heteroatoms. The maximum Gasteiger partial charge on any atom is 0.293 e. The molecule has 1 aliphatic carbocycles. The molecule has 0 radical (unpaired) electrons. The SMILES string of the molecule is CNC(=O)COc1cc2cc(Nc3nc(N4CCC(OC5CC(N6CC[C@@H](c7ccc8c(c7)C(=O)N([C@@H]7CCC(=O)NC7=O)C8)[C@@H](F)C6)C5)CC4)ncc3Cl)ccc2n(C(C)C)c1=O. The molecule has 0 spiro atoms. The second-order valence-corrected chi connectivity index (χ2v) is 18.2. The molecule has 3 atom stereocenters. The molecule has 0 bridgehead atoms. The zero-order valence-electron chi connectivity index (χ0n) is 36.1. The number of fused-ring (bicyclic) bond motifs is 2. The first-order valence-corrected chi connectivity index (χ1v) is 22.6. The van der Waals surface area contributed by atoms with Crippen LogP contribution in [0.15, 0.2) is 53.5 Å². The average Bonchev–Trinajstić information content (AvgIpc) is 3.59. The fraction of sp³-hybridized carbons (Fsp3) is 0.500. The first-order valence-electron chi connectivity index (χ1n) is 22.2. The fourth-order valence-corrected chi connectivity index (χ4v) is 9.95. The second kappa shape index (κ2) is 18.1. The minimum Gasteiger partial charge on any atom is -0.478 e. The van der Waals surface area contributed by atoms with Gasteiger partial charge in [0.15, 0.2) is 18.2 Å². The Bertz CT molecular complexity index is 2540. The largest absolute Gasteiger partial charge is 0.478 e. The van der Waals surface area contributed by atoms with E-state index in [0.29, 0.717) is 67.1 Å². The van der Waals surface area contributed by atoms with Gasteiger partial charge < -0.3 is 34.5 Å². The third kappa shape index (κ3) is 8.76. The first-order chi connectivity index (χ1) is 30.8. The van der Waals surface area contributed by atoms with E-state index >= 15 is 4.39 Å². The molecule has 5 aliphatic rings. The number of piperidine rings is 3. The number of ether oxygens (including phenoxy) is 2. The Morgan fingerprint density at radius 3 is 2.53 bits per heavy atom. The predicted molar refractivity (Wildman–Crippen MR) is 238 cm³/mol. The van der Waals surface area contributed by atoms with Crippen LogP contribution in [0.3, 0.4) is 0 Å². The number of likely N-dealkylation sites (tertiary alicyclic amines) is 1. The third-order valence-corrected chi connectivity index (χ3v) is 13.7. The molecule has 9 rings (SSSR count). The summed E-state index contributed by atoms with van der Waals surface area (Å²) < 4.78 is 29.7. The van der Waals surface area contributed by atoms with E-state index in [1.165, 1.54) is 11.9 Å². The normalized spacial score (nSPS) is 24.2. The van der Waals surface area contributed by atoms with Gasteiger partial charge in [0, 0.05) is 74.3 Å². The minimum atomic E-state index is -1.07. The van der Waals surface area contributed by atoms with Crippen molar-refractivity contribution < 1.29 is 33.0 Å². The van der Waals surface area contributed by atoms with Crippen LogP contribution in [0.5, 0.6) is 5.75 Å². The van der Waals surface area contributed by atoms with E-state index in [4.69, 9.17) is 26.1 Å². The van der Waals surface area contributed by atoms with Gasteiger partial charge >= 0.3 is 0 Å². The summed E-state index contributed by atoms with van der Waals surface area (Å²) >= 11 is 6.59. The highest BCUT2D eigenvalue weighted by molar-refractivity contribution is 6.33. The number of alkyl halides is 1. The zero-order valence-corrected chi connectivity index (χ0v) is 36.9. The fourth-order valence-electron chi connectivity index (χ4n) is 9.81. The molecular formula is C46H53ClFN9O7. The number of hydrogen-bond donors (Lipinski definition) is 3. The van der Waals surface area contributed by atoms with Crippen LogP contribution in [0.25, 0.3) is 10.9 Å². The maximum atomic E-state index is 15.9. The molecular weight excluding hydrogens is 845 g/mol. The number of carbonyl (C=O) groups excluding carboxylic acids is 4. The maximum absolute atomic E-state index is 15.9. The lowest BCUT2D eigenvalue weighted by Crippen LogP contribution is -2.54. The molecule has 338 valence electrons. The third-order valence-electron chi connectivity index (χ3n) is 13.4. The summed E-state index contributed by atoms with van der Waals surface area (Å²) in [4.78, 5) is 77.8. The lowest BCUT2D eigenvalue weighted by Gasteiger charge is -2.47. The molecule has 4 amide bonds. The van der Waals surface area contributed by atoms with Gasteiger partial charge in [0.05, 0.1) is 23.9 Å². The van der Waals surface area contributed by atoms with Crippen molar-refractivity contribution in [2.75, 3.05) is 50.1 Å². The Morgan fingerprint density at radius 1 is 1.00 bits per heavy atom. The Morgan fingerprint density at radius 2 is 1.80 bits per heavy atom. The van der Waals surface area contributed by atoms with Crippen LogP contribution in [-0.4, -0.2) is 118 Å². The number of halogens is 2. The van der Waals surface area contributed by atoms with Crippen molar-refractivity contribution in [1.29, 1.82) is 0 Å². The van der Waals surface area contributed by atoms with Gasteiger partial charge in [-0.1, -0.05) is 23.7 Å². The lowest BCUT2D eigenvalue weighted by molar-refractivity contribution is -0.137. The van der Waals surface area contributed by atoms with E-state index in [-0.39, 0.29) is 72.3 Å². The molecule has 3 N–H and O–H groups in total. The standard InChI is InChI=1S/C46H53ClFN9O7/c1-25(2)57-37-7-6-29(16-28(37)18-39(45(57)62)63-24-41(59)49-3)51-42-35(47)21-50-46(53-42)54-13-10-31(11-14-54)64-32-19-30(20-32)55-15-12-33(36(48)23-55)26-4-5-27-22-56(44(61)34(27)17-26)38-8-9-40(58)52-43(38)60/h4-7,16-18,21,25,30-33,36,38H,8-15,19-20,22-24H2,1-3H3,(H,49,59)(H,50,51,53)(H,52,58,60)/t30?,32?,33-,36-,38+/m0/s1. The number of nitrogens with one attached hydrogen (secondary N) is 3. The number of rotatable bonds is 12. The lowest BCUT2D eigenvalue weighted by atomic mass is 9.82. The topological polar surface area (TPSA) is 180 Å². The number of amides is 4. The van der Waals surface area contributed by atoms with Crippen LogP contribution < -0.4 is 31.1 Å². The number of nitrogens with zero attached hydrogens (tertiary/aromatic N) is 6. The highest BCUT2D eigenvalue weighted by atomic mass is 35.5. The average molecular weight is 898 g/mol. The number of benzene rings is 2. The van der Waals surface area contributed by atoms with Crippen LogP contribution in [-0.2, 0) is 25.7 Å². The molecule has 64 heavy (non-hydrogen) atoms. The Balaban J connectivity index is 0.750. The van der Waals surface area contributed by atoms with Crippen LogP contribution in [0.1, 0.15) is 92.2 Å². The van der Waals surface area contributed by atoms with Crippen LogP contribution in [0, 0.1) is 0 Å². The first kappa shape index (κ1) is 43.6. The summed E-state index contributed by atoms with van der Waals surface area (Å²) in [7, 11) is 1.51. The summed E-state index contributed by atoms with van der Waals surface area (Å²) in [6.07, 6.45) is 5.26. The van der Waals surface area contributed by atoms with E-state index in [0.717, 1.165) is 54.3 Å². The number of imide groups is 1. The number of pyridine rings is 1. The van der Waals surface area contributed by atoms with E-state index in [2.05, 4.69) is 30.7 Å². The monoisotopic (exact) mass is 897 g/mol. The second-order valence-electron chi connectivity index (χ2n) is 17.8. The van der Waals surface area contributed by atoms with Crippen LogP contribution in [0.4, 0.5) is 21.8 Å². The number of likely N-dealkylation sites (N-methyl/N-ethyl adjacent to an activating group) is 1. The van der Waals surface area contributed by atoms with Crippen molar-refractivity contribution in [2.45, 2.75) is 108 Å². The van der Waals surface area contributed by atoms with Crippen molar-refractivity contribution >= 4 is 63.6 Å². The van der Waals surface area contributed by atoms with E-state index in [1.54, 1.807) is 16.8 Å². The van der Waals surface area contributed by atoms with Gasteiger partial charge in [-0.15, -0.1) is 0 Å². The van der Waals surface area contributed by atoms with Gasteiger partial charge in [-0.25, -0.2) is 9.37 Å². The molecule has 4 aromatic rings. The molecule has 2 aromatic carbocycles. The summed E-state index contributed by atoms with van der Waals surface area (Å²) in [5, 5.41) is 9.24. The van der Waals surface area contributed by atoms with Crippen molar-refractivity contribution in [2.24, 2.45) is 0 Å². The van der Waals surface area contributed by atoms with E-state index < -0.39 is 18.1 Å².